The van der Waals surface area contributed by atoms with Crippen molar-refractivity contribution in [2.45, 2.75) is 6.54 Å². The number of fused-ring (bicyclic) bond motifs is 1. The lowest BCUT2D eigenvalue weighted by Crippen LogP contribution is -2.53. The molecule has 2 aliphatic heterocycles. The van der Waals surface area contributed by atoms with Crippen LogP contribution >= 0.6 is 7.94 Å². The van der Waals surface area contributed by atoms with Gasteiger partial charge >= 0.3 is 0 Å². The molecule has 2 aromatic rings. The van der Waals surface area contributed by atoms with E-state index in [2.05, 4.69) is 52.5 Å². The highest BCUT2D eigenvalue weighted by Gasteiger charge is 2.51. The van der Waals surface area contributed by atoms with Crippen LogP contribution in [0.5, 0.6) is 0 Å². The Balaban J connectivity index is 1.42. The summed E-state index contributed by atoms with van der Waals surface area (Å²) in [6.45, 7) is 8.20. The van der Waals surface area contributed by atoms with E-state index in [0.717, 1.165) is 49.7 Å². The Morgan fingerprint density at radius 2 is 1.48 bits per heavy atom. The SMILES string of the molecule is C=Cc1ccc(CN2CCN([P+]3([O-])N(C)c4ccccc4N3C)CC2)cc1. The van der Waals surface area contributed by atoms with Crippen LogP contribution in [0, 0.1) is 0 Å². The highest BCUT2D eigenvalue weighted by molar-refractivity contribution is 7.70. The van der Waals surface area contributed by atoms with Crippen LogP contribution in [-0.4, -0.2) is 49.8 Å². The molecule has 0 saturated carbocycles. The summed E-state index contributed by atoms with van der Waals surface area (Å²) in [5, 5.41) is 0. The Morgan fingerprint density at radius 1 is 0.926 bits per heavy atom. The van der Waals surface area contributed by atoms with Crippen molar-refractivity contribution in [2.24, 2.45) is 0 Å². The Labute approximate surface area is 162 Å². The lowest BCUT2D eigenvalue weighted by molar-refractivity contribution is -0.184. The molecule has 0 radical (unpaired) electrons. The molecule has 5 nitrogen and oxygen atoms in total. The summed E-state index contributed by atoms with van der Waals surface area (Å²) < 4.78 is 6.13. The third-order valence-electron chi connectivity index (χ3n) is 5.70. The second kappa shape index (κ2) is 7.25. The van der Waals surface area contributed by atoms with E-state index in [4.69, 9.17) is 0 Å². The molecular weight excluding hydrogens is 355 g/mol. The minimum atomic E-state index is -2.77. The summed E-state index contributed by atoms with van der Waals surface area (Å²) in [4.78, 5) is 16.4. The van der Waals surface area contributed by atoms with Crippen molar-refractivity contribution in [1.29, 1.82) is 0 Å². The molecule has 1 saturated heterocycles. The van der Waals surface area contributed by atoms with E-state index in [1.54, 1.807) is 0 Å². The maximum Gasteiger partial charge on any atom is 0.233 e. The van der Waals surface area contributed by atoms with Crippen molar-refractivity contribution in [1.82, 2.24) is 9.57 Å². The number of benzene rings is 2. The molecular formula is C21H27N4OP. The number of nitrogens with zero attached hydrogens (tertiary/aromatic N) is 4. The molecule has 0 unspecified atom stereocenters. The van der Waals surface area contributed by atoms with Gasteiger partial charge in [-0.25, -0.2) is 9.34 Å². The molecule has 2 heterocycles. The maximum atomic E-state index is 14.0. The zero-order valence-electron chi connectivity index (χ0n) is 16.1. The van der Waals surface area contributed by atoms with Crippen LogP contribution in [0.1, 0.15) is 11.1 Å². The fraction of sp³-hybridized carbons (Fsp3) is 0.333. The minimum absolute atomic E-state index is 0.810. The van der Waals surface area contributed by atoms with Gasteiger partial charge < -0.3 is 4.89 Å². The summed E-state index contributed by atoms with van der Waals surface area (Å²) in [6, 6.07) is 16.7. The summed E-state index contributed by atoms with van der Waals surface area (Å²) in [7, 11) is 1.14. The summed E-state index contributed by atoms with van der Waals surface area (Å²) >= 11 is 0. The molecule has 27 heavy (non-hydrogen) atoms. The second-order valence-corrected chi connectivity index (χ2v) is 10.0. The molecule has 0 aliphatic carbocycles. The van der Waals surface area contributed by atoms with Gasteiger partial charge in [0.1, 0.15) is 11.4 Å². The van der Waals surface area contributed by atoms with Gasteiger partial charge in [0.15, 0.2) is 0 Å². The molecule has 2 aliphatic rings. The van der Waals surface area contributed by atoms with E-state index in [9.17, 15) is 4.89 Å². The number of hydrogen-bond acceptors (Lipinski definition) is 5. The Hall–Kier alpha value is -1.91. The van der Waals surface area contributed by atoms with Crippen LogP contribution in [0.4, 0.5) is 11.4 Å². The first-order chi connectivity index (χ1) is 13.0. The molecule has 0 aromatic heterocycles. The molecule has 0 bridgehead atoms. The monoisotopic (exact) mass is 382 g/mol. The van der Waals surface area contributed by atoms with Crippen molar-refractivity contribution in [3.8, 4) is 0 Å². The molecule has 0 spiro atoms. The van der Waals surface area contributed by atoms with Crippen molar-refractivity contribution in [3.63, 3.8) is 0 Å². The minimum Gasteiger partial charge on any atom is -0.627 e. The molecule has 0 atom stereocenters. The van der Waals surface area contributed by atoms with Crippen molar-refractivity contribution in [3.05, 3.63) is 66.2 Å². The number of hydrogen-bond donors (Lipinski definition) is 0. The lowest BCUT2D eigenvalue weighted by Gasteiger charge is -2.47. The summed E-state index contributed by atoms with van der Waals surface area (Å²) in [6.07, 6.45) is 1.87. The zero-order valence-corrected chi connectivity index (χ0v) is 17.0. The van der Waals surface area contributed by atoms with E-state index in [-0.39, 0.29) is 0 Å². The van der Waals surface area contributed by atoms with Crippen LogP contribution in [0.25, 0.3) is 6.08 Å². The van der Waals surface area contributed by atoms with E-state index < -0.39 is 7.94 Å². The lowest BCUT2D eigenvalue weighted by atomic mass is 10.1. The fourth-order valence-corrected chi connectivity index (χ4v) is 6.81. The number of rotatable bonds is 4. The summed E-state index contributed by atoms with van der Waals surface area (Å²) in [5.41, 5.74) is 4.55. The third kappa shape index (κ3) is 3.15. The first-order valence-corrected chi connectivity index (χ1v) is 11.0. The maximum absolute atomic E-state index is 14.0. The van der Waals surface area contributed by atoms with Gasteiger partial charge in [0.2, 0.25) is 7.94 Å². The van der Waals surface area contributed by atoms with Gasteiger partial charge in [0.05, 0.1) is 13.1 Å². The Kier molecular flexibility index (Phi) is 4.95. The fourth-order valence-electron chi connectivity index (χ4n) is 4.05. The normalized spacial score (nSPS) is 20.0. The van der Waals surface area contributed by atoms with E-state index in [0.29, 0.717) is 0 Å². The van der Waals surface area contributed by atoms with Crippen LogP contribution in [-0.2, 0) is 6.54 Å². The van der Waals surface area contributed by atoms with Crippen LogP contribution in [0.3, 0.4) is 0 Å². The van der Waals surface area contributed by atoms with E-state index in [1.807, 2.05) is 41.6 Å². The smallest absolute Gasteiger partial charge is 0.233 e. The Morgan fingerprint density at radius 3 is 2.00 bits per heavy atom. The molecule has 0 N–H and O–H groups in total. The molecule has 0 amide bonds. The summed E-state index contributed by atoms with van der Waals surface area (Å²) in [5.74, 6) is 0. The average Bonchev–Trinajstić information content (AvgIpc) is 2.92. The molecule has 6 heteroatoms. The topological polar surface area (TPSA) is 36.0 Å². The average molecular weight is 382 g/mol. The van der Waals surface area contributed by atoms with Gasteiger partial charge in [-0.15, -0.1) is 4.67 Å². The van der Waals surface area contributed by atoms with Crippen molar-refractivity contribution in [2.75, 3.05) is 49.6 Å². The standard InChI is InChI=1S/C21H27N4OP/c1-4-18-9-11-19(12-10-18)17-24-13-15-25(16-14-24)27(26)22(2)20-7-5-6-8-21(20)23(27)3/h4-12H,1,13-17H2,2-3H3. The van der Waals surface area contributed by atoms with Crippen molar-refractivity contribution >= 4 is 25.4 Å². The highest BCUT2D eigenvalue weighted by Crippen LogP contribution is 2.68. The molecule has 1 fully saturated rings. The van der Waals surface area contributed by atoms with Gasteiger partial charge in [-0.1, -0.05) is 49.1 Å². The number of anilines is 2. The van der Waals surface area contributed by atoms with Crippen LogP contribution in [0.2, 0.25) is 0 Å². The van der Waals surface area contributed by atoms with Gasteiger partial charge in [-0.2, -0.15) is 0 Å². The van der Waals surface area contributed by atoms with Gasteiger partial charge in [-0.3, -0.25) is 4.90 Å². The van der Waals surface area contributed by atoms with E-state index in [1.165, 1.54) is 5.56 Å². The Bertz CT molecular complexity index is 788. The van der Waals surface area contributed by atoms with Gasteiger partial charge in [0, 0.05) is 33.7 Å². The number of para-hydroxylation sites is 2. The molecule has 142 valence electrons. The van der Waals surface area contributed by atoms with Crippen LogP contribution < -0.4 is 14.2 Å². The van der Waals surface area contributed by atoms with Gasteiger partial charge in [-0.05, 0) is 23.3 Å². The van der Waals surface area contributed by atoms with E-state index >= 15 is 0 Å². The first-order valence-electron chi connectivity index (χ1n) is 9.40. The zero-order chi connectivity index (χ0) is 19.0. The predicted octanol–water partition coefficient (Wildman–Crippen LogP) is 3.07. The second-order valence-electron chi connectivity index (χ2n) is 7.22. The number of piperazine rings is 1. The third-order valence-corrected chi connectivity index (χ3v) is 8.83. The predicted molar refractivity (Wildman–Crippen MR) is 114 cm³/mol. The quantitative estimate of drug-likeness (QED) is 0.760. The molecule has 4 rings (SSSR count). The molecule has 2 aromatic carbocycles. The largest absolute Gasteiger partial charge is 0.627 e. The van der Waals surface area contributed by atoms with Crippen LogP contribution in [0.15, 0.2) is 55.1 Å². The first kappa shape index (κ1) is 18.5. The van der Waals surface area contributed by atoms with Crippen molar-refractivity contribution < 1.29 is 4.89 Å². The van der Waals surface area contributed by atoms with Gasteiger partial charge in [0.25, 0.3) is 0 Å². The highest BCUT2D eigenvalue weighted by atomic mass is 31.2.